The summed E-state index contributed by atoms with van der Waals surface area (Å²) < 4.78 is 13.0. The Labute approximate surface area is 168 Å². The maximum Gasteiger partial charge on any atom is 0.169 e. The molecule has 0 saturated heterocycles. The SMILES string of the molecule is C[N+](C)(CCCCCOc1ccc(Cl)cc1)Cc1ccc(Br)o1.[Br-]. The monoisotopic (exact) mass is 479 g/mol. The maximum atomic E-state index is 5.85. The van der Waals surface area contributed by atoms with Crippen LogP contribution in [0.4, 0.5) is 0 Å². The normalized spacial score (nSPS) is 11.2. The Morgan fingerprint density at radius 1 is 1.04 bits per heavy atom. The number of furan rings is 1. The van der Waals surface area contributed by atoms with Gasteiger partial charge in [0.25, 0.3) is 0 Å². The van der Waals surface area contributed by atoms with Crippen molar-refractivity contribution in [3.05, 3.63) is 51.9 Å². The second-order valence-electron chi connectivity index (χ2n) is 6.39. The van der Waals surface area contributed by atoms with Gasteiger partial charge in [-0.1, -0.05) is 11.6 Å². The lowest BCUT2D eigenvalue weighted by Crippen LogP contribution is -3.00. The zero-order valence-electron chi connectivity index (χ0n) is 14.1. The van der Waals surface area contributed by atoms with Crippen LogP contribution in [0.25, 0.3) is 0 Å². The number of unbranched alkanes of at least 4 members (excludes halogenated alkanes) is 2. The fraction of sp³-hybridized carbons (Fsp3) is 0.444. The first-order valence-corrected chi connectivity index (χ1v) is 9.06. The summed E-state index contributed by atoms with van der Waals surface area (Å²) in [6.45, 7) is 2.78. The minimum atomic E-state index is 0. The predicted molar refractivity (Wildman–Crippen MR) is 97.9 cm³/mol. The smallest absolute Gasteiger partial charge is 0.169 e. The molecule has 1 heterocycles. The van der Waals surface area contributed by atoms with Gasteiger partial charge < -0.3 is 30.6 Å². The highest BCUT2D eigenvalue weighted by atomic mass is 79.9. The third kappa shape index (κ3) is 8.06. The van der Waals surface area contributed by atoms with Crippen LogP contribution >= 0.6 is 27.5 Å². The zero-order chi connectivity index (χ0) is 16.7. The van der Waals surface area contributed by atoms with Gasteiger partial charge >= 0.3 is 0 Å². The summed E-state index contributed by atoms with van der Waals surface area (Å²) in [5.74, 6) is 1.90. The number of rotatable bonds is 9. The van der Waals surface area contributed by atoms with E-state index >= 15 is 0 Å². The van der Waals surface area contributed by atoms with E-state index in [1.807, 2.05) is 36.4 Å². The van der Waals surface area contributed by atoms with Crippen molar-refractivity contribution in [1.82, 2.24) is 0 Å². The highest BCUT2D eigenvalue weighted by molar-refractivity contribution is 9.10. The van der Waals surface area contributed by atoms with E-state index in [0.29, 0.717) is 0 Å². The third-order valence-corrected chi connectivity index (χ3v) is 4.38. The van der Waals surface area contributed by atoms with E-state index in [0.717, 1.165) is 58.2 Å². The lowest BCUT2D eigenvalue weighted by molar-refractivity contribution is -0.904. The summed E-state index contributed by atoms with van der Waals surface area (Å²) in [6, 6.07) is 11.5. The Balaban J connectivity index is 0.00000288. The van der Waals surface area contributed by atoms with Gasteiger partial charge in [-0.25, -0.2) is 0 Å². The number of ether oxygens (including phenoxy) is 1. The third-order valence-electron chi connectivity index (χ3n) is 3.70. The lowest BCUT2D eigenvalue weighted by Gasteiger charge is -2.28. The lowest BCUT2D eigenvalue weighted by atomic mass is 10.2. The van der Waals surface area contributed by atoms with Gasteiger partial charge in [0.2, 0.25) is 0 Å². The first-order chi connectivity index (χ1) is 10.9. The summed E-state index contributed by atoms with van der Waals surface area (Å²) in [4.78, 5) is 0. The van der Waals surface area contributed by atoms with Crippen molar-refractivity contribution in [1.29, 1.82) is 0 Å². The molecule has 1 aromatic heterocycles. The Kier molecular flexibility index (Phi) is 9.42. The van der Waals surface area contributed by atoms with E-state index in [4.69, 9.17) is 20.8 Å². The highest BCUT2D eigenvalue weighted by Crippen LogP contribution is 2.18. The van der Waals surface area contributed by atoms with Crippen LogP contribution in [0, 0.1) is 0 Å². The van der Waals surface area contributed by atoms with Gasteiger partial charge in [-0.15, -0.1) is 0 Å². The standard InChI is InChI=1S/C18H24BrClNO2.BrH/c1-21(2,14-17-10-11-18(19)23-17)12-4-3-5-13-22-16-8-6-15(20)7-9-16;/h6-11H,3-5,12-14H2,1-2H3;1H/q+1;/p-1. The van der Waals surface area contributed by atoms with Crippen molar-refractivity contribution in [3.63, 3.8) is 0 Å². The van der Waals surface area contributed by atoms with Crippen LogP contribution < -0.4 is 21.7 Å². The van der Waals surface area contributed by atoms with E-state index in [2.05, 4.69) is 30.0 Å². The number of benzene rings is 1. The Hall–Kier alpha value is -0.490. The second kappa shape index (κ2) is 10.5. The number of hydrogen-bond acceptors (Lipinski definition) is 2. The quantitative estimate of drug-likeness (QED) is 0.406. The van der Waals surface area contributed by atoms with Gasteiger partial charge in [-0.2, -0.15) is 0 Å². The average Bonchev–Trinajstić information content (AvgIpc) is 2.89. The topological polar surface area (TPSA) is 22.4 Å². The van der Waals surface area contributed by atoms with Crippen LogP contribution in [0.1, 0.15) is 25.0 Å². The molecule has 0 aliphatic heterocycles. The maximum absolute atomic E-state index is 5.85. The van der Waals surface area contributed by atoms with E-state index in [1.165, 1.54) is 6.42 Å². The van der Waals surface area contributed by atoms with Crippen LogP contribution in [0.3, 0.4) is 0 Å². The molecule has 134 valence electrons. The molecule has 6 heteroatoms. The van der Waals surface area contributed by atoms with Gasteiger partial charge in [-0.3, -0.25) is 0 Å². The molecule has 2 rings (SSSR count). The largest absolute Gasteiger partial charge is 1.00 e. The number of nitrogens with zero attached hydrogens (tertiary/aromatic N) is 1. The van der Waals surface area contributed by atoms with Crippen molar-refractivity contribution < 1.29 is 30.6 Å². The molecule has 0 atom stereocenters. The van der Waals surface area contributed by atoms with Gasteiger partial charge in [0.15, 0.2) is 10.4 Å². The van der Waals surface area contributed by atoms with Gasteiger partial charge in [-0.05, 0) is 71.6 Å². The Bertz CT molecular complexity index is 599. The molecule has 3 nitrogen and oxygen atoms in total. The summed E-state index contributed by atoms with van der Waals surface area (Å²) in [5.41, 5.74) is 0. The molecule has 0 aliphatic rings. The molecule has 1 aromatic carbocycles. The van der Waals surface area contributed by atoms with Crippen molar-refractivity contribution in [2.45, 2.75) is 25.8 Å². The molecular weight excluding hydrogens is 457 g/mol. The van der Waals surface area contributed by atoms with Crippen molar-refractivity contribution in [2.75, 3.05) is 27.2 Å². The Morgan fingerprint density at radius 3 is 2.38 bits per heavy atom. The van der Waals surface area contributed by atoms with Crippen molar-refractivity contribution >= 4 is 27.5 Å². The van der Waals surface area contributed by atoms with Crippen molar-refractivity contribution in [3.8, 4) is 5.75 Å². The molecule has 0 fully saturated rings. The molecule has 24 heavy (non-hydrogen) atoms. The van der Waals surface area contributed by atoms with Crippen LogP contribution in [-0.2, 0) is 6.54 Å². The minimum absolute atomic E-state index is 0. The minimum Gasteiger partial charge on any atom is -1.00 e. The van der Waals surface area contributed by atoms with Crippen LogP contribution in [-0.4, -0.2) is 31.7 Å². The summed E-state index contributed by atoms with van der Waals surface area (Å²) >= 11 is 9.20. The van der Waals surface area contributed by atoms with Crippen molar-refractivity contribution in [2.24, 2.45) is 0 Å². The second-order valence-corrected chi connectivity index (χ2v) is 7.60. The van der Waals surface area contributed by atoms with Gasteiger partial charge in [0.1, 0.15) is 12.3 Å². The fourth-order valence-electron chi connectivity index (χ4n) is 2.48. The number of hydrogen-bond donors (Lipinski definition) is 0. The zero-order valence-corrected chi connectivity index (χ0v) is 18.0. The first kappa shape index (κ1) is 21.6. The molecule has 2 aromatic rings. The molecule has 0 radical (unpaired) electrons. The van der Waals surface area contributed by atoms with E-state index in [1.54, 1.807) is 0 Å². The average molecular weight is 482 g/mol. The molecule has 0 saturated carbocycles. The fourth-order valence-corrected chi connectivity index (χ4v) is 2.94. The number of halogens is 3. The first-order valence-electron chi connectivity index (χ1n) is 7.89. The number of quaternary nitrogens is 1. The van der Waals surface area contributed by atoms with Crippen LogP contribution in [0.5, 0.6) is 5.75 Å². The van der Waals surface area contributed by atoms with E-state index < -0.39 is 0 Å². The van der Waals surface area contributed by atoms with Gasteiger partial charge in [0.05, 0.1) is 27.2 Å². The van der Waals surface area contributed by atoms with Crippen LogP contribution in [0.2, 0.25) is 5.02 Å². The van der Waals surface area contributed by atoms with Crippen LogP contribution in [0.15, 0.2) is 45.5 Å². The molecule has 0 bridgehead atoms. The Morgan fingerprint density at radius 2 is 1.75 bits per heavy atom. The molecular formula is C18H24Br2ClNO2. The molecule has 0 aliphatic carbocycles. The van der Waals surface area contributed by atoms with Gasteiger partial charge in [0, 0.05) is 5.02 Å². The van der Waals surface area contributed by atoms with E-state index in [9.17, 15) is 0 Å². The molecule has 0 spiro atoms. The molecule has 0 amide bonds. The summed E-state index contributed by atoms with van der Waals surface area (Å²) in [6.07, 6.45) is 3.41. The predicted octanol–water partition coefficient (Wildman–Crippen LogP) is 2.53. The summed E-state index contributed by atoms with van der Waals surface area (Å²) in [5, 5.41) is 0.737. The summed E-state index contributed by atoms with van der Waals surface area (Å²) in [7, 11) is 4.47. The highest BCUT2D eigenvalue weighted by Gasteiger charge is 2.17. The molecule has 0 N–H and O–H groups in total. The molecule has 0 unspecified atom stereocenters. The van der Waals surface area contributed by atoms with E-state index in [-0.39, 0.29) is 17.0 Å².